The Kier molecular flexibility index (Phi) is 2.68. The van der Waals surface area contributed by atoms with E-state index in [4.69, 9.17) is 0 Å². The first kappa shape index (κ1) is 13.9. The van der Waals surface area contributed by atoms with Crippen LogP contribution in [-0.2, 0) is 6.42 Å². The van der Waals surface area contributed by atoms with Gasteiger partial charge in [-0.2, -0.15) is 0 Å². The molecule has 4 aromatic rings. The Bertz CT molecular complexity index is 1090. The number of benzene rings is 3. The summed E-state index contributed by atoms with van der Waals surface area (Å²) in [6.07, 6.45) is 3.77. The molecule has 3 aromatic carbocycles. The maximum absolute atomic E-state index is 2.45. The molecule has 0 radical (unpaired) electrons. The lowest BCUT2D eigenvalue weighted by molar-refractivity contribution is 0.804. The number of unbranched alkanes of at least 4 members (excludes halogenated alkanes) is 1. The van der Waals surface area contributed by atoms with Gasteiger partial charge in [-0.25, -0.2) is 0 Å². The topological polar surface area (TPSA) is 0 Å². The average molecular weight is 338 g/mol. The van der Waals surface area contributed by atoms with Crippen LogP contribution in [0.25, 0.3) is 54.6 Å². The predicted octanol–water partition coefficient (Wildman–Crippen LogP) is 7.54. The fourth-order valence-corrected chi connectivity index (χ4v) is 5.87. The minimum Gasteiger partial charge on any atom is -0.140 e. The molecule has 0 atom stereocenters. The van der Waals surface area contributed by atoms with E-state index in [0.29, 0.717) is 0 Å². The van der Waals surface area contributed by atoms with Crippen LogP contribution in [0.15, 0.2) is 54.6 Å². The number of aryl methyl sites for hydroxylation is 1. The molecule has 0 bridgehead atoms. The summed E-state index contributed by atoms with van der Waals surface area (Å²) in [7, 11) is 0. The van der Waals surface area contributed by atoms with Gasteiger partial charge in [-0.3, -0.25) is 0 Å². The first-order valence-corrected chi connectivity index (χ1v) is 10.0. The molecule has 0 nitrogen and oxygen atoms in total. The molecule has 120 valence electrons. The van der Waals surface area contributed by atoms with E-state index in [-0.39, 0.29) is 0 Å². The van der Waals surface area contributed by atoms with E-state index in [9.17, 15) is 0 Å². The fourth-order valence-electron chi connectivity index (χ4n) is 4.63. The van der Waals surface area contributed by atoms with Crippen LogP contribution in [0.4, 0.5) is 0 Å². The van der Waals surface area contributed by atoms with Crippen LogP contribution in [0.3, 0.4) is 0 Å². The maximum Gasteiger partial charge on any atom is 0.0430 e. The molecule has 0 unspecified atom stereocenters. The van der Waals surface area contributed by atoms with E-state index >= 15 is 0 Å². The van der Waals surface area contributed by atoms with Crippen LogP contribution < -0.4 is 0 Å². The Labute approximate surface area is 151 Å². The van der Waals surface area contributed by atoms with Crippen LogP contribution in [0.1, 0.15) is 24.6 Å². The molecule has 0 saturated carbocycles. The maximum atomic E-state index is 2.45. The van der Waals surface area contributed by atoms with Crippen molar-refractivity contribution >= 4 is 22.1 Å². The van der Waals surface area contributed by atoms with Crippen LogP contribution in [0.2, 0.25) is 0 Å². The van der Waals surface area contributed by atoms with Crippen molar-refractivity contribution in [3.63, 3.8) is 0 Å². The minimum atomic E-state index is 1.22. The quantitative estimate of drug-likeness (QED) is 0.313. The van der Waals surface area contributed by atoms with Gasteiger partial charge >= 0.3 is 0 Å². The van der Waals surface area contributed by atoms with Crippen molar-refractivity contribution in [3.8, 4) is 43.8 Å². The average Bonchev–Trinajstić information content (AvgIpc) is 3.29. The third-order valence-corrected chi connectivity index (χ3v) is 6.99. The zero-order valence-corrected chi connectivity index (χ0v) is 15.0. The molecule has 1 aromatic heterocycles. The molecule has 0 spiro atoms. The summed E-state index contributed by atoms with van der Waals surface area (Å²) >= 11 is 2.01. The molecule has 1 heteroatoms. The van der Waals surface area contributed by atoms with Gasteiger partial charge in [0.1, 0.15) is 0 Å². The zero-order chi connectivity index (χ0) is 16.5. The number of rotatable bonds is 3. The van der Waals surface area contributed by atoms with Gasteiger partial charge in [0.05, 0.1) is 0 Å². The smallest absolute Gasteiger partial charge is 0.0430 e. The van der Waals surface area contributed by atoms with Gasteiger partial charge in [-0.05, 0) is 57.5 Å². The second-order valence-electron chi connectivity index (χ2n) is 7.18. The Hall–Kier alpha value is -2.38. The van der Waals surface area contributed by atoms with Crippen molar-refractivity contribution < 1.29 is 0 Å². The van der Waals surface area contributed by atoms with Gasteiger partial charge in [0, 0.05) is 20.9 Å². The molecule has 0 aliphatic heterocycles. The second kappa shape index (κ2) is 4.83. The monoisotopic (exact) mass is 338 g/mol. The van der Waals surface area contributed by atoms with E-state index in [0.717, 1.165) is 0 Å². The number of fused-ring (bicyclic) bond motifs is 6. The Morgan fingerprint density at radius 1 is 0.680 bits per heavy atom. The molecule has 25 heavy (non-hydrogen) atoms. The number of hydrogen-bond donors (Lipinski definition) is 0. The first-order chi connectivity index (χ1) is 12.4. The Morgan fingerprint density at radius 3 is 1.96 bits per heavy atom. The van der Waals surface area contributed by atoms with Gasteiger partial charge in [0.2, 0.25) is 0 Å². The largest absolute Gasteiger partial charge is 0.140 e. The van der Waals surface area contributed by atoms with Gasteiger partial charge in [-0.15, -0.1) is 11.3 Å². The molecular formula is C24H18S. The standard InChI is InChI=1S/C24H18S/c1-2-3-6-14-13-21-19-10-9-17-15-7-4-5-8-16(15)18-11-12-20(24(21)25-14)23(19)22(17)18/h4-5,7-13H,2-3,6H2,1H3. The highest BCUT2D eigenvalue weighted by atomic mass is 32.1. The summed E-state index contributed by atoms with van der Waals surface area (Å²) in [4.78, 5) is 3.03. The molecule has 2 aliphatic carbocycles. The predicted molar refractivity (Wildman–Crippen MR) is 109 cm³/mol. The van der Waals surface area contributed by atoms with E-state index in [1.54, 1.807) is 0 Å². The lowest BCUT2D eigenvalue weighted by Crippen LogP contribution is -1.81. The van der Waals surface area contributed by atoms with Crippen LogP contribution in [0.5, 0.6) is 0 Å². The van der Waals surface area contributed by atoms with Crippen molar-refractivity contribution in [1.29, 1.82) is 0 Å². The van der Waals surface area contributed by atoms with E-state index in [1.165, 1.54) is 78.7 Å². The molecule has 6 rings (SSSR count). The van der Waals surface area contributed by atoms with Gasteiger partial charge in [0.15, 0.2) is 0 Å². The second-order valence-corrected chi connectivity index (χ2v) is 8.31. The lowest BCUT2D eigenvalue weighted by Gasteiger charge is -2.06. The molecular weight excluding hydrogens is 320 g/mol. The van der Waals surface area contributed by atoms with Crippen molar-refractivity contribution in [2.75, 3.05) is 0 Å². The van der Waals surface area contributed by atoms with Crippen molar-refractivity contribution in [2.24, 2.45) is 0 Å². The van der Waals surface area contributed by atoms with Gasteiger partial charge < -0.3 is 0 Å². The number of hydrogen-bond acceptors (Lipinski definition) is 1. The minimum absolute atomic E-state index is 1.22. The molecule has 0 amide bonds. The summed E-state index contributed by atoms with van der Waals surface area (Å²) in [6, 6.07) is 20.7. The molecule has 0 N–H and O–H groups in total. The first-order valence-electron chi connectivity index (χ1n) is 9.19. The molecule has 0 saturated heterocycles. The van der Waals surface area contributed by atoms with Gasteiger partial charge in [0.25, 0.3) is 0 Å². The van der Waals surface area contributed by atoms with E-state index in [2.05, 4.69) is 61.5 Å². The summed E-state index contributed by atoms with van der Waals surface area (Å²) in [5.41, 5.74) is 9.95. The highest BCUT2D eigenvalue weighted by Crippen LogP contribution is 2.57. The van der Waals surface area contributed by atoms with Gasteiger partial charge in [-0.1, -0.05) is 61.9 Å². The normalized spacial score (nSPS) is 12.7. The SMILES string of the molecule is CCCCc1cc2c(s1)-c1ccc3c4c(ccc-2c14)-c1ccccc1-3. The molecule has 0 fully saturated rings. The van der Waals surface area contributed by atoms with Crippen molar-refractivity contribution in [1.82, 2.24) is 0 Å². The molecule has 1 heterocycles. The summed E-state index contributed by atoms with van der Waals surface area (Å²) in [5.74, 6) is 0. The zero-order valence-electron chi connectivity index (χ0n) is 14.2. The third-order valence-electron chi connectivity index (χ3n) is 5.76. The summed E-state index contributed by atoms with van der Waals surface area (Å²) in [5, 5.41) is 2.95. The Balaban J connectivity index is 1.64. The summed E-state index contributed by atoms with van der Waals surface area (Å²) in [6.45, 7) is 2.27. The highest BCUT2D eigenvalue weighted by Gasteiger charge is 2.30. The van der Waals surface area contributed by atoms with Crippen LogP contribution in [0, 0.1) is 0 Å². The summed E-state index contributed by atoms with van der Waals surface area (Å²) < 4.78 is 0. The van der Waals surface area contributed by atoms with Crippen molar-refractivity contribution in [2.45, 2.75) is 26.2 Å². The third kappa shape index (κ3) is 1.67. The van der Waals surface area contributed by atoms with E-state index < -0.39 is 0 Å². The lowest BCUT2D eigenvalue weighted by atomic mass is 9.97. The van der Waals surface area contributed by atoms with Crippen LogP contribution >= 0.6 is 11.3 Å². The highest BCUT2D eigenvalue weighted by molar-refractivity contribution is 7.16. The molecule has 2 aliphatic rings. The van der Waals surface area contributed by atoms with Crippen molar-refractivity contribution in [3.05, 3.63) is 59.5 Å². The Morgan fingerprint density at radius 2 is 1.28 bits per heavy atom. The van der Waals surface area contributed by atoms with Crippen LogP contribution in [-0.4, -0.2) is 0 Å². The fraction of sp³-hybridized carbons (Fsp3) is 0.167. The number of thiophene rings is 1. The van der Waals surface area contributed by atoms with E-state index in [1.807, 2.05) is 11.3 Å².